The Bertz CT molecular complexity index is 780. The summed E-state index contributed by atoms with van der Waals surface area (Å²) in [5, 5.41) is 9.62. The van der Waals surface area contributed by atoms with E-state index in [0.29, 0.717) is 11.3 Å². The zero-order chi connectivity index (χ0) is 14.7. The Morgan fingerprint density at radius 3 is 2.00 bits per heavy atom. The first-order chi connectivity index (χ1) is 10.3. The van der Waals surface area contributed by atoms with E-state index in [9.17, 15) is 5.26 Å². The van der Waals surface area contributed by atoms with Gasteiger partial charge in [0.15, 0.2) is 5.76 Å². The monoisotopic (exact) mass is 273 g/mol. The molecule has 0 N–H and O–H groups in total. The maximum atomic E-state index is 9.62. The van der Waals surface area contributed by atoms with Gasteiger partial charge in [0.1, 0.15) is 17.4 Å². The molecule has 2 aromatic carbocycles. The van der Waals surface area contributed by atoms with Crippen molar-refractivity contribution >= 4 is 0 Å². The van der Waals surface area contributed by atoms with Crippen LogP contribution in [0.15, 0.2) is 65.1 Å². The summed E-state index contributed by atoms with van der Waals surface area (Å²) in [4.78, 5) is 0. The van der Waals surface area contributed by atoms with Crippen LogP contribution in [0.4, 0.5) is 0 Å². The summed E-state index contributed by atoms with van der Waals surface area (Å²) in [5.41, 5.74) is 3.49. The highest BCUT2D eigenvalue weighted by Crippen LogP contribution is 2.37. The molecule has 0 atom stereocenters. The molecule has 0 saturated heterocycles. The molecule has 3 rings (SSSR count). The van der Waals surface area contributed by atoms with Crippen LogP contribution in [-0.2, 0) is 6.42 Å². The van der Waals surface area contributed by atoms with Crippen molar-refractivity contribution < 1.29 is 4.42 Å². The van der Waals surface area contributed by atoms with Gasteiger partial charge in [-0.1, -0.05) is 67.6 Å². The van der Waals surface area contributed by atoms with Gasteiger partial charge in [-0.3, -0.25) is 0 Å². The van der Waals surface area contributed by atoms with Gasteiger partial charge in [-0.2, -0.15) is 5.26 Å². The van der Waals surface area contributed by atoms with Gasteiger partial charge in [-0.25, -0.2) is 0 Å². The van der Waals surface area contributed by atoms with E-state index in [2.05, 4.69) is 6.07 Å². The fourth-order valence-corrected chi connectivity index (χ4v) is 2.54. The molecule has 1 heterocycles. The predicted molar refractivity (Wildman–Crippen MR) is 83.7 cm³/mol. The van der Waals surface area contributed by atoms with Crippen LogP contribution in [0.5, 0.6) is 0 Å². The third-order valence-electron chi connectivity index (χ3n) is 3.51. The topological polar surface area (TPSA) is 36.9 Å². The lowest BCUT2D eigenvalue weighted by atomic mass is 9.98. The van der Waals surface area contributed by atoms with E-state index in [1.807, 2.05) is 67.6 Å². The standard InChI is InChI=1S/C19H15NO/c1-2-17-18(14-9-5-3-6-10-14)16(13-20)19(21-17)15-11-7-4-8-12-15/h3-12H,2H2,1H3. The van der Waals surface area contributed by atoms with Crippen LogP contribution in [0.3, 0.4) is 0 Å². The molecule has 2 heteroatoms. The Balaban J connectivity index is 2.26. The van der Waals surface area contributed by atoms with Crippen molar-refractivity contribution in [3.63, 3.8) is 0 Å². The second kappa shape index (κ2) is 5.68. The first-order valence-corrected chi connectivity index (χ1v) is 7.01. The Labute approximate surface area is 124 Å². The molecule has 0 fully saturated rings. The van der Waals surface area contributed by atoms with E-state index < -0.39 is 0 Å². The summed E-state index contributed by atoms with van der Waals surface area (Å²) in [6.07, 6.45) is 0.756. The lowest BCUT2D eigenvalue weighted by molar-refractivity contribution is 0.530. The van der Waals surface area contributed by atoms with Crippen LogP contribution in [0, 0.1) is 11.3 Å². The summed E-state index contributed by atoms with van der Waals surface area (Å²) in [6.45, 7) is 2.04. The maximum Gasteiger partial charge on any atom is 0.152 e. The molecular weight excluding hydrogens is 258 g/mol. The average molecular weight is 273 g/mol. The van der Waals surface area contributed by atoms with Gasteiger partial charge in [-0.05, 0) is 5.56 Å². The second-order valence-electron chi connectivity index (χ2n) is 4.80. The summed E-state index contributed by atoms with van der Waals surface area (Å²) in [5.74, 6) is 1.52. The normalized spacial score (nSPS) is 10.3. The lowest BCUT2D eigenvalue weighted by Gasteiger charge is -2.00. The van der Waals surface area contributed by atoms with E-state index in [1.165, 1.54) is 0 Å². The Hall–Kier alpha value is -2.79. The van der Waals surface area contributed by atoms with E-state index in [0.717, 1.165) is 28.9 Å². The fourth-order valence-electron chi connectivity index (χ4n) is 2.54. The van der Waals surface area contributed by atoms with Crippen LogP contribution < -0.4 is 0 Å². The van der Waals surface area contributed by atoms with Gasteiger partial charge >= 0.3 is 0 Å². The minimum atomic E-state index is 0.615. The Morgan fingerprint density at radius 2 is 1.48 bits per heavy atom. The molecule has 0 radical (unpaired) electrons. The van der Waals surface area contributed by atoms with Gasteiger partial charge in [0.25, 0.3) is 0 Å². The van der Waals surface area contributed by atoms with Crippen LogP contribution >= 0.6 is 0 Å². The van der Waals surface area contributed by atoms with Gasteiger partial charge in [0.05, 0.1) is 0 Å². The van der Waals surface area contributed by atoms with Crippen molar-refractivity contribution in [1.82, 2.24) is 0 Å². The fraction of sp³-hybridized carbons (Fsp3) is 0.105. The minimum absolute atomic E-state index is 0.615. The van der Waals surface area contributed by atoms with Gasteiger partial charge < -0.3 is 4.42 Å². The third kappa shape index (κ3) is 2.34. The number of hydrogen-bond donors (Lipinski definition) is 0. The van der Waals surface area contributed by atoms with Crippen molar-refractivity contribution in [1.29, 1.82) is 5.26 Å². The Morgan fingerprint density at radius 1 is 0.905 bits per heavy atom. The molecular formula is C19H15NO. The highest BCUT2D eigenvalue weighted by molar-refractivity contribution is 5.81. The molecule has 1 aromatic heterocycles. The molecule has 0 aliphatic rings. The molecule has 21 heavy (non-hydrogen) atoms. The maximum absolute atomic E-state index is 9.62. The first-order valence-electron chi connectivity index (χ1n) is 7.01. The van der Waals surface area contributed by atoms with Crippen LogP contribution in [0.1, 0.15) is 18.2 Å². The Kier molecular flexibility index (Phi) is 3.57. The van der Waals surface area contributed by atoms with Crippen LogP contribution in [0.2, 0.25) is 0 Å². The van der Waals surface area contributed by atoms with Gasteiger partial charge in [0, 0.05) is 17.5 Å². The molecule has 0 saturated carbocycles. The number of furan rings is 1. The van der Waals surface area contributed by atoms with Crippen molar-refractivity contribution in [2.24, 2.45) is 0 Å². The second-order valence-corrected chi connectivity index (χ2v) is 4.80. The lowest BCUT2D eigenvalue weighted by Crippen LogP contribution is -1.85. The van der Waals surface area contributed by atoms with Crippen LogP contribution in [0.25, 0.3) is 22.5 Å². The molecule has 0 unspecified atom stereocenters. The quantitative estimate of drug-likeness (QED) is 0.669. The van der Waals surface area contributed by atoms with Crippen LogP contribution in [-0.4, -0.2) is 0 Å². The molecule has 102 valence electrons. The summed E-state index contributed by atoms with van der Waals surface area (Å²) in [6, 6.07) is 22.1. The molecule has 0 amide bonds. The molecule has 0 aliphatic heterocycles. The van der Waals surface area contributed by atoms with E-state index >= 15 is 0 Å². The number of aryl methyl sites for hydroxylation is 1. The van der Waals surface area contributed by atoms with E-state index in [4.69, 9.17) is 4.42 Å². The number of benzene rings is 2. The zero-order valence-electron chi connectivity index (χ0n) is 11.8. The average Bonchev–Trinajstić information content (AvgIpc) is 2.95. The highest BCUT2D eigenvalue weighted by Gasteiger charge is 2.21. The summed E-state index contributed by atoms with van der Waals surface area (Å²) < 4.78 is 6.00. The van der Waals surface area contributed by atoms with E-state index in [-0.39, 0.29) is 0 Å². The molecule has 0 bridgehead atoms. The number of nitrogens with zero attached hydrogens (tertiary/aromatic N) is 1. The number of hydrogen-bond acceptors (Lipinski definition) is 2. The summed E-state index contributed by atoms with van der Waals surface area (Å²) in [7, 11) is 0. The van der Waals surface area contributed by atoms with Gasteiger partial charge in [-0.15, -0.1) is 0 Å². The number of rotatable bonds is 3. The molecule has 0 spiro atoms. The minimum Gasteiger partial charge on any atom is -0.459 e. The predicted octanol–water partition coefficient (Wildman–Crippen LogP) is 5.05. The SMILES string of the molecule is CCc1oc(-c2ccccc2)c(C#N)c1-c1ccccc1. The third-order valence-corrected chi connectivity index (χ3v) is 3.51. The smallest absolute Gasteiger partial charge is 0.152 e. The molecule has 2 nitrogen and oxygen atoms in total. The van der Waals surface area contributed by atoms with E-state index in [1.54, 1.807) is 0 Å². The van der Waals surface area contributed by atoms with Gasteiger partial charge in [0.2, 0.25) is 0 Å². The zero-order valence-corrected chi connectivity index (χ0v) is 11.8. The largest absolute Gasteiger partial charge is 0.459 e. The summed E-state index contributed by atoms with van der Waals surface area (Å²) >= 11 is 0. The first kappa shape index (κ1) is 13.2. The molecule has 3 aromatic rings. The van der Waals surface area contributed by atoms with Crippen molar-refractivity contribution in [3.8, 4) is 28.5 Å². The number of nitriles is 1. The van der Waals surface area contributed by atoms with Crippen molar-refractivity contribution in [2.75, 3.05) is 0 Å². The van der Waals surface area contributed by atoms with Crippen molar-refractivity contribution in [2.45, 2.75) is 13.3 Å². The molecule has 0 aliphatic carbocycles. The highest BCUT2D eigenvalue weighted by atomic mass is 16.3. The van der Waals surface area contributed by atoms with Crippen molar-refractivity contribution in [3.05, 3.63) is 72.0 Å².